The van der Waals surface area contributed by atoms with Crippen molar-refractivity contribution in [2.75, 3.05) is 32.1 Å². The smallest absolute Gasteiger partial charge is 0.410 e. The molecule has 33 heavy (non-hydrogen) atoms. The van der Waals surface area contributed by atoms with E-state index in [-0.39, 0.29) is 11.3 Å². The average molecular weight is 451 g/mol. The van der Waals surface area contributed by atoms with E-state index in [9.17, 15) is 9.59 Å². The van der Waals surface area contributed by atoms with Crippen LogP contribution in [0.1, 0.15) is 30.9 Å². The van der Waals surface area contributed by atoms with E-state index in [1.165, 1.54) is 16.3 Å². The topological polar surface area (TPSA) is 74.4 Å². The van der Waals surface area contributed by atoms with E-state index >= 15 is 0 Å². The number of hydrogen-bond acceptors (Lipinski definition) is 6. The van der Waals surface area contributed by atoms with Crippen molar-refractivity contribution in [3.8, 4) is 5.75 Å². The van der Waals surface area contributed by atoms with Crippen molar-refractivity contribution in [2.24, 2.45) is 0 Å². The Morgan fingerprint density at radius 2 is 1.94 bits per heavy atom. The second-order valence-corrected chi connectivity index (χ2v) is 9.39. The number of carbonyl (C=O) groups excluding carboxylic acids is 2. The lowest BCUT2D eigenvalue weighted by atomic mass is 9.81. The molecule has 3 aliphatic rings. The van der Waals surface area contributed by atoms with Gasteiger partial charge in [0.25, 0.3) is 5.91 Å². The number of fused-ring (bicyclic) bond motifs is 3. The fourth-order valence-electron chi connectivity index (χ4n) is 5.54. The van der Waals surface area contributed by atoms with Crippen molar-refractivity contribution in [2.45, 2.75) is 44.0 Å². The molecule has 0 bridgehead atoms. The number of likely N-dealkylation sites (tertiary alicyclic amines) is 1. The summed E-state index contributed by atoms with van der Waals surface area (Å²) in [5.74, 6) is 0.224. The fraction of sp³-hybridized carbons (Fsp3) is 0.440. The maximum atomic E-state index is 12.6. The number of likely N-dealkylation sites (N-methyl/N-ethyl adjacent to an activating group) is 2. The number of amides is 2. The summed E-state index contributed by atoms with van der Waals surface area (Å²) >= 11 is 0. The first-order chi connectivity index (χ1) is 15.9. The molecule has 3 aliphatic heterocycles. The van der Waals surface area contributed by atoms with E-state index < -0.39 is 12.1 Å². The standard InChI is InChI=1S/C25H30N4O4/c1-25-12-14-27(2)23(25)28(3)21-10-9-18(15-19(21)25)33-24(31)26-20-11-13-29(22(20)30)32-16-17-7-5-4-6-8-17/h4-10,15,20,23H,11-14,16H2,1-3H3,(H,26,31)/t20-,23+,25-/m1/s1. The maximum Gasteiger partial charge on any atom is 0.413 e. The van der Waals surface area contributed by atoms with Gasteiger partial charge >= 0.3 is 6.09 Å². The summed E-state index contributed by atoms with van der Waals surface area (Å²) < 4.78 is 5.58. The second-order valence-electron chi connectivity index (χ2n) is 9.39. The van der Waals surface area contributed by atoms with Crippen LogP contribution in [0.15, 0.2) is 48.5 Å². The summed E-state index contributed by atoms with van der Waals surface area (Å²) in [6.45, 7) is 4.04. The number of nitrogens with zero attached hydrogens (tertiary/aromatic N) is 3. The molecule has 5 rings (SSSR count). The molecule has 0 aromatic heterocycles. The number of rotatable bonds is 5. The Bertz CT molecular complexity index is 1060. The molecule has 2 aromatic carbocycles. The van der Waals surface area contributed by atoms with Crippen molar-refractivity contribution in [3.63, 3.8) is 0 Å². The third-order valence-electron chi connectivity index (χ3n) is 7.20. The highest BCUT2D eigenvalue weighted by atomic mass is 16.7. The highest BCUT2D eigenvalue weighted by molar-refractivity contribution is 5.87. The fourth-order valence-corrected chi connectivity index (χ4v) is 5.54. The molecule has 8 heteroatoms. The third-order valence-corrected chi connectivity index (χ3v) is 7.20. The second kappa shape index (κ2) is 8.35. The van der Waals surface area contributed by atoms with Gasteiger partial charge in [-0.15, -0.1) is 0 Å². The molecule has 0 spiro atoms. The van der Waals surface area contributed by atoms with Crippen LogP contribution in [0.25, 0.3) is 0 Å². The van der Waals surface area contributed by atoms with Gasteiger partial charge in [-0.2, -0.15) is 0 Å². The van der Waals surface area contributed by atoms with Crippen LogP contribution in [0.4, 0.5) is 10.5 Å². The third kappa shape index (κ3) is 3.83. The Balaban J connectivity index is 1.19. The minimum absolute atomic E-state index is 0.00725. The molecule has 2 aromatic rings. The zero-order chi connectivity index (χ0) is 23.2. The Hall–Kier alpha value is -3.10. The van der Waals surface area contributed by atoms with Gasteiger partial charge in [-0.3, -0.25) is 14.5 Å². The normalized spacial score (nSPS) is 26.5. The molecule has 8 nitrogen and oxygen atoms in total. The summed E-state index contributed by atoms with van der Waals surface area (Å²) in [6.07, 6.45) is 1.20. The van der Waals surface area contributed by atoms with Crippen molar-refractivity contribution in [1.29, 1.82) is 0 Å². The number of carbonyl (C=O) groups is 2. The first-order valence-electron chi connectivity index (χ1n) is 11.4. The summed E-state index contributed by atoms with van der Waals surface area (Å²) in [5.41, 5.74) is 3.33. The Morgan fingerprint density at radius 1 is 1.15 bits per heavy atom. The van der Waals surface area contributed by atoms with Gasteiger partial charge in [0, 0.05) is 24.7 Å². The molecule has 0 aliphatic carbocycles. The molecule has 2 amide bonds. The van der Waals surface area contributed by atoms with Crippen LogP contribution < -0.4 is 15.0 Å². The van der Waals surface area contributed by atoms with E-state index in [4.69, 9.17) is 9.57 Å². The van der Waals surface area contributed by atoms with Crippen molar-refractivity contribution in [3.05, 3.63) is 59.7 Å². The van der Waals surface area contributed by atoms with E-state index in [0.717, 1.165) is 18.5 Å². The SMILES string of the molecule is CN1CC[C@]2(C)c3cc(OC(=O)N[C@@H]4CCN(OCc5ccccc5)C4=O)ccc3N(C)[C@H]12. The lowest BCUT2D eigenvalue weighted by Crippen LogP contribution is -2.45. The number of hydroxylamine groups is 2. The summed E-state index contributed by atoms with van der Waals surface area (Å²) in [6, 6.07) is 14.8. The number of benzene rings is 2. The van der Waals surface area contributed by atoms with Crippen molar-refractivity contribution >= 4 is 17.7 Å². The maximum absolute atomic E-state index is 12.6. The van der Waals surface area contributed by atoms with E-state index in [1.54, 1.807) is 0 Å². The average Bonchev–Trinajstić information content (AvgIpc) is 3.38. The molecule has 3 heterocycles. The molecule has 0 saturated carbocycles. The van der Waals surface area contributed by atoms with Gasteiger partial charge in [0.2, 0.25) is 0 Å². The van der Waals surface area contributed by atoms with Gasteiger partial charge in [-0.05, 0) is 49.2 Å². The predicted molar refractivity (Wildman–Crippen MR) is 124 cm³/mol. The van der Waals surface area contributed by atoms with Crippen molar-refractivity contribution < 1.29 is 19.2 Å². The molecule has 3 atom stereocenters. The van der Waals surface area contributed by atoms with Crippen LogP contribution in [-0.2, 0) is 21.7 Å². The van der Waals surface area contributed by atoms with Crippen LogP contribution >= 0.6 is 0 Å². The summed E-state index contributed by atoms with van der Waals surface area (Å²) in [5, 5.41) is 4.01. The molecular formula is C25H30N4O4. The van der Waals surface area contributed by atoms with Crippen LogP contribution in [0.3, 0.4) is 0 Å². The molecule has 1 N–H and O–H groups in total. The Kier molecular flexibility index (Phi) is 5.50. The van der Waals surface area contributed by atoms with E-state index in [0.29, 0.717) is 31.5 Å². The first-order valence-corrected chi connectivity index (χ1v) is 11.4. The lowest BCUT2D eigenvalue weighted by molar-refractivity contribution is -0.183. The lowest BCUT2D eigenvalue weighted by Gasteiger charge is -2.32. The van der Waals surface area contributed by atoms with E-state index in [2.05, 4.69) is 36.1 Å². The molecule has 0 radical (unpaired) electrons. The van der Waals surface area contributed by atoms with Gasteiger partial charge in [0.15, 0.2) is 0 Å². The minimum atomic E-state index is -0.654. The Morgan fingerprint density at radius 3 is 2.73 bits per heavy atom. The zero-order valence-corrected chi connectivity index (χ0v) is 19.3. The van der Waals surface area contributed by atoms with Crippen LogP contribution in [0.2, 0.25) is 0 Å². The number of nitrogens with one attached hydrogen (secondary N) is 1. The molecule has 174 valence electrons. The molecule has 0 unspecified atom stereocenters. The summed E-state index contributed by atoms with van der Waals surface area (Å²) in [7, 11) is 4.26. The van der Waals surface area contributed by atoms with Gasteiger partial charge in [-0.25, -0.2) is 9.86 Å². The quantitative estimate of drug-likeness (QED) is 0.755. The van der Waals surface area contributed by atoms with Gasteiger partial charge in [0.05, 0.1) is 12.7 Å². The minimum Gasteiger partial charge on any atom is -0.410 e. The van der Waals surface area contributed by atoms with Gasteiger partial charge in [0.1, 0.15) is 18.4 Å². The largest absolute Gasteiger partial charge is 0.413 e. The van der Waals surface area contributed by atoms with Gasteiger partial charge in [-0.1, -0.05) is 37.3 Å². The van der Waals surface area contributed by atoms with E-state index in [1.807, 2.05) is 48.5 Å². The monoisotopic (exact) mass is 450 g/mol. The highest BCUT2D eigenvalue weighted by Crippen LogP contribution is 2.51. The molecule has 2 saturated heterocycles. The predicted octanol–water partition coefficient (Wildman–Crippen LogP) is 2.88. The Labute approximate surface area is 194 Å². The summed E-state index contributed by atoms with van der Waals surface area (Å²) in [4.78, 5) is 35.5. The highest BCUT2D eigenvalue weighted by Gasteiger charge is 2.52. The van der Waals surface area contributed by atoms with Crippen LogP contribution in [0.5, 0.6) is 5.75 Å². The molecular weight excluding hydrogens is 420 g/mol. The van der Waals surface area contributed by atoms with Gasteiger partial charge < -0.3 is 15.0 Å². The van der Waals surface area contributed by atoms with Crippen LogP contribution in [0, 0.1) is 0 Å². The number of hydrogen-bond donors (Lipinski definition) is 1. The first kappa shape index (κ1) is 21.7. The van der Waals surface area contributed by atoms with Crippen LogP contribution in [-0.4, -0.2) is 61.4 Å². The number of ether oxygens (including phenoxy) is 1. The molecule has 2 fully saturated rings. The van der Waals surface area contributed by atoms with Crippen molar-refractivity contribution in [1.82, 2.24) is 15.3 Å². The zero-order valence-electron chi connectivity index (χ0n) is 19.3. The number of anilines is 1.